The molecule has 0 spiro atoms. The van der Waals surface area contributed by atoms with Crippen LogP contribution in [0.25, 0.3) is 0 Å². The number of ether oxygens (including phenoxy) is 1. The van der Waals surface area contributed by atoms with Crippen molar-refractivity contribution in [3.63, 3.8) is 0 Å². The molecule has 4 nitrogen and oxygen atoms in total. The summed E-state index contributed by atoms with van der Waals surface area (Å²) < 4.78 is 41.4. The molecule has 1 aliphatic rings. The summed E-state index contributed by atoms with van der Waals surface area (Å²) in [7, 11) is 0. The molecule has 0 radical (unpaired) electrons. The van der Waals surface area contributed by atoms with Crippen molar-refractivity contribution in [3.05, 3.63) is 29.8 Å². The second kappa shape index (κ2) is 8.37. The zero-order valence-corrected chi connectivity index (χ0v) is 13.4. The molecule has 0 aliphatic carbocycles. The average Bonchev–Trinajstić information content (AvgIpc) is 2.70. The Kier molecular flexibility index (Phi) is 6.48. The number of halogens is 3. The van der Waals surface area contributed by atoms with Gasteiger partial charge in [0.15, 0.2) is 6.61 Å². The zero-order chi connectivity index (χ0) is 17.6. The number of alkyl halides is 3. The Bertz CT molecular complexity index is 548. The van der Waals surface area contributed by atoms with Crippen molar-refractivity contribution < 1.29 is 27.8 Å². The fraction of sp³-hybridized carbons (Fsp3) is 0.588. The minimum absolute atomic E-state index is 0.203. The highest BCUT2D eigenvalue weighted by molar-refractivity contribution is 5.67. The van der Waals surface area contributed by atoms with Gasteiger partial charge in [-0.25, -0.2) is 0 Å². The van der Waals surface area contributed by atoms with Gasteiger partial charge in [0.1, 0.15) is 5.75 Å². The van der Waals surface area contributed by atoms with E-state index in [2.05, 4.69) is 4.90 Å². The summed E-state index contributed by atoms with van der Waals surface area (Å²) in [6.45, 7) is 0.995. The van der Waals surface area contributed by atoms with Gasteiger partial charge in [-0.3, -0.25) is 9.69 Å². The number of aliphatic carboxylic acids is 1. The van der Waals surface area contributed by atoms with Gasteiger partial charge in [0.2, 0.25) is 0 Å². The van der Waals surface area contributed by atoms with Gasteiger partial charge in [0, 0.05) is 13.0 Å². The summed E-state index contributed by atoms with van der Waals surface area (Å²) in [6.07, 6.45) is -1.48. The predicted molar refractivity (Wildman–Crippen MR) is 82.9 cm³/mol. The van der Waals surface area contributed by atoms with Crippen molar-refractivity contribution in [1.82, 2.24) is 4.90 Å². The van der Waals surface area contributed by atoms with Gasteiger partial charge in [-0.15, -0.1) is 0 Å². The van der Waals surface area contributed by atoms with Gasteiger partial charge < -0.3 is 9.84 Å². The van der Waals surface area contributed by atoms with E-state index in [1.54, 1.807) is 12.1 Å². The Balaban J connectivity index is 1.88. The van der Waals surface area contributed by atoms with Gasteiger partial charge in [-0.05, 0) is 56.0 Å². The average molecular weight is 345 g/mol. The molecule has 2 rings (SSSR count). The van der Waals surface area contributed by atoms with Gasteiger partial charge >= 0.3 is 12.1 Å². The number of rotatable bonds is 6. The van der Waals surface area contributed by atoms with Crippen LogP contribution in [0.4, 0.5) is 13.2 Å². The highest BCUT2D eigenvalue weighted by Gasteiger charge is 2.28. The maximum Gasteiger partial charge on any atom is 0.422 e. The van der Waals surface area contributed by atoms with E-state index in [1.165, 1.54) is 6.07 Å². The van der Waals surface area contributed by atoms with Crippen LogP contribution in [0.3, 0.4) is 0 Å². The van der Waals surface area contributed by atoms with Crippen LogP contribution >= 0.6 is 0 Å². The van der Waals surface area contributed by atoms with E-state index in [0.29, 0.717) is 6.54 Å². The monoisotopic (exact) mass is 345 g/mol. The van der Waals surface area contributed by atoms with Crippen molar-refractivity contribution in [1.29, 1.82) is 0 Å². The molecule has 1 aromatic rings. The van der Waals surface area contributed by atoms with Crippen LogP contribution in [0, 0.1) is 5.92 Å². The normalized spacial score (nSPS) is 19.7. The predicted octanol–water partition coefficient (Wildman–Crippen LogP) is 3.70. The molecule has 1 aromatic carbocycles. The van der Waals surface area contributed by atoms with Crippen molar-refractivity contribution in [2.45, 2.75) is 38.4 Å². The van der Waals surface area contributed by atoms with Gasteiger partial charge in [-0.1, -0.05) is 12.1 Å². The number of hydrogen-bond acceptors (Lipinski definition) is 3. The smallest absolute Gasteiger partial charge is 0.422 e. The van der Waals surface area contributed by atoms with Gasteiger partial charge in [-0.2, -0.15) is 13.2 Å². The minimum atomic E-state index is -4.35. The molecule has 1 aliphatic heterocycles. The first-order chi connectivity index (χ1) is 11.3. The van der Waals surface area contributed by atoms with Crippen molar-refractivity contribution in [2.75, 3.05) is 19.7 Å². The first-order valence-corrected chi connectivity index (χ1v) is 8.04. The van der Waals surface area contributed by atoms with E-state index in [4.69, 9.17) is 9.84 Å². The summed E-state index contributed by atoms with van der Waals surface area (Å²) in [4.78, 5) is 13.0. The van der Waals surface area contributed by atoms with E-state index in [0.717, 1.165) is 37.9 Å². The summed E-state index contributed by atoms with van der Waals surface area (Å²) >= 11 is 0. The van der Waals surface area contributed by atoms with E-state index in [1.807, 2.05) is 6.07 Å². The molecule has 0 bridgehead atoms. The second-order valence-electron chi connectivity index (χ2n) is 6.22. The first kappa shape index (κ1) is 18.6. The molecule has 1 heterocycles. The topological polar surface area (TPSA) is 49.8 Å². The number of likely N-dealkylation sites (tertiary alicyclic amines) is 1. The molecule has 0 unspecified atom stereocenters. The molecule has 134 valence electrons. The second-order valence-corrected chi connectivity index (χ2v) is 6.22. The molecule has 1 saturated heterocycles. The molecule has 0 amide bonds. The minimum Gasteiger partial charge on any atom is -0.484 e. The van der Waals surface area contributed by atoms with E-state index < -0.39 is 18.8 Å². The van der Waals surface area contributed by atoms with Crippen LogP contribution < -0.4 is 4.74 Å². The third-order valence-electron chi connectivity index (χ3n) is 4.11. The van der Waals surface area contributed by atoms with Crippen LogP contribution in [-0.4, -0.2) is 41.8 Å². The molecule has 0 saturated carbocycles. The zero-order valence-electron chi connectivity index (χ0n) is 13.4. The Morgan fingerprint density at radius 3 is 2.79 bits per heavy atom. The maximum absolute atomic E-state index is 12.2. The SMILES string of the molecule is O=C(O)C[C@H]1CCCN(Cc2cccc(OCC(F)(F)F)c2)CC1. The lowest BCUT2D eigenvalue weighted by Crippen LogP contribution is -2.24. The van der Waals surface area contributed by atoms with Gasteiger partial charge in [0.25, 0.3) is 0 Å². The molecular weight excluding hydrogens is 323 g/mol. The van der Waals surface area contributed by atoms with Crippen LogP contribution in [0.15, 0.2) is 24.3 Å². The van der Waals surface area contributed by atoms with Crippen molar-refractivity contribution >= 4 is 5.97 Å². The third kappa shape index (κ3) is 6.78. The fourth-order valence-electron chi connectivity index (χ4n) is 2.99. The van der Waals surface area contributed by atoms with Crippen LogP contribution in [-0.2, 0) is 11.3 Å². The standard InChI is InChI=1S/C17H22F3NO3/c18-17(19,20)12-24-15-5-1-3-14(9-15)11-21-7-2-4-13(6-8-21)10-16(22)23/h1,3,5,9,13H,2,4,6-8,10-12H2,(H,22,23)/t13-/m0/s1. The van der Waals surface area contributed by atoms with E-state index >= 15 is 0 Å². The Morgan fingerprint density at radius 1 is 1.29 bits per heavy atom. The van der Waals surface area contributed by atoms with Crippen LogP contribution in [0.2, 0.25) is 0 Å². The number of carbonyl (C=O) groups is 1. The summed E-state index contributed by atoms with van der Waals surface area (Å²) in [5, 5.41) is 8.89. The lowest BCUT2D eigenvalue weighted by Gasteiger charge is -2.20. The van der Waals surface area contributed by atoms with Crippen LogP contribution in [0.5, 0.6) is 5.75 Å². The number of carboxylic acids is 1. The Labute approximate surface area is 139 Å². The molecule has 1 fully saturated rings. The summed E-state index contributed by atoms with van der Waals surface area (Å²) in [5.41, 5.74) is 0.895. The lowest BCUT2D eigenvalue weighted by molar-refractivity contribution is -0.153. The number of nitrogens with zero attached hydrogens (tertiary/aromatic N) is 1. The largest absolute Gasteiger partial charge is 0.484 e. The first-order valence-electron chi connectivity index (χ1n) is 8.04. The Morgan fingerprint density at radius 2 is 2.08 bits per heavy atom. The molecule has 1 N–H and O–H groups in total. The third-order valence-corrected chi connectivity index (χ3v) is 4.11. The van der Waals surface area contributed by atoms with E-state index in [9.17, 15) is 18.0 Å². The van der Waals surface area contributed by atoms with Crippen LogP contribution in [0.1, 0.15) is 31.2 Å². The van der Waals surface area contributed by atoms with Gasteiger partial charge in [0.05, 0.1) is 0 Å². The molecule has 0 aromatic heterocycles. The highest BCUT2D eigenvalue weighted by Crippen LogP contribution is 2.23. The number of benzene rings is 1. The molecule has 1 atom stereocenters. The van der Waals surface area contributed by atoms with E-state index in [-0.39, 0.29) is 18.1 Å². The molecule has 24 heavy (non-hydrogen) atoms. The quantitative estimate of drug-likeness (QED) is 0.854. The summed E-state index contributed by atoms with van der Waals surface area (Å²) in [6, 6.07) is 6.69. The molecular formula is C17H22F3NO3. The highest BCUT2D eigenvalue weighted by atomic mass is 19.4. The lowest BCUT2D eigenvalue weighted by atomic mass is 9.97. The number of hydrogen-bond donors (Lipinski definition) is 1. The number of carboxylic acid groups (broad SMARTS) is 1. The Hall–Kier alpha value is -1.76. The van der Waals surface area contributed by atoms with Crippen molar-refractivity contribution in [3.8, 4) is 5.75 Å². The summed E-state index contributed by atoms with van der Waals surface area (Å²) in [5.74, 6) is -0.347. The fourth-order valence-corrected chi connectivity index (χ4v) is 2.99. The van der Waals surface area contributed by atoms with Crippen molar-refractivity contribution in [2.24, 2.45) is 5.92 Å². The molecule has 7 heteroatoms. The maximum atomic E-state index is 12.2.